The second-order valence-corrected chi connectivity index (χ2v) is 2.58. The van der Waals surface area contributed by atoms with Crippen LogP contribution in [0.4, 0.5) is 0 Å². The van der Waals surface area contributed by atoms with Gasteiger partial charge in [0.2, 0.25) is 0 Å². The number of hydrogen-bond donors (Lipinski definition) is 5. The van der Waals surface area contributed by atoms with Crippen molar-refractivity contribution in [3.8, 4) is 0 Å². The molecule has 8 heteroatoms. The average molecular weight is 217 g/mol. The van der Waals surface area contributed by atoms with Gasteiger partial charge in [0.1, 0.15) is 18.3 Å². The monoisotopic (exact) mass is 217 g/mol. The zero-order valence-electron chi connectivity index (χ0n) is 7.70. The number of rotatable bonds is 5. The van der Waals surface area contributed by atoms with Crippen LogP contribution >= 0.6 is 0 Å². The van der Waals surface area contributed by atoms with Crippen LogP contribution in [0, 0.1) is 0 Å². The molecule has 0 aliphatic rings. The number of carboxylic acid groups (broad SMARTS) is 1. The summed E-state index contributed by atoms with van der Waals surface area (Å²) in [6, 6.07) is -1.81. The van der Waals surface area contributed by atoms with Gasteiger partial charge in [0.25, 0.3) is 0 Å². The molecule has 0 saturated heterocycles. The number of hydrogen-bond acceptors (Lipinski definition) is 7. The van der Waals surface area contributed by atoms with Crippen molar-refractivity contribution < 1.29 is 59.9 Å². The largest absolute Gasteiger partial charge is 1.00 e. The molecule has 0 rings (SSSR count). The van der Waals surface area contributed by atoms with E-state index in [-0.39, 0.29) is 29.6 Å². The molecule has 0 aliphatic carbocycles. The van der Waals surface area contributed by atoms with Crippen LogP contribution in [0.3, 0.4) is 0 Å². The maximum Gasteiger partial charge on any atom is 1.00 e. The van der Waals surface area contributed by atoms with E-state index in [1.165, 1.54) is 0 Å². The maximum absolute atomic E-state index is 10.1. The summed E-state index contributed by atoms with van der Waals surface area (Å²) in [6.07, 6.45) is -5.34. The molecule has 14 heavy (non-hydrogen) atoms. The molecule has 0 bridgehead atoms. The fourth-order valence-electron chi connectivity index (χ4n) is 0.687. The fraction of sp³-hybridized carbons (Fsp3) is 0.833. The molecule has 0 unspecified atom stereocenters. The summed E-state index contributed by atoms with van der Waals surface area (Å²) < 4.78 is 0. The first-order chi connectivity index (χ1) is 5.91. The smallest absolute Gasteiger partial charge is 0.548 e. The Morgan fingerprint density at radius 2 is 1.71 bits per heavy atom. The van der Waals surface area contributed by atoms with Gasteiger partial charge < -0.3 is 36.1 Å². The summed E-state index contributed by atoms with van der Waals surface area (Å²) in [7, 11) is 0. The van der Waals surface area contributed by atoms with Crippen molar-refractivity contribution in [1.82, 2.24) is 0 Å². The van der Waals surface area contributed by atoms with Gasteiger partial charge in [-0.1, -0.05) is 0 Å². The van der Waals surface area contributed by atoms with Gasteiger partial charge >= 0.3 is 29.6 Å². The van der Waals surface area contributed by atoms with Gasteiger partial charge in [0.15, 0.2) is 0 Å². The zero-order valence-corrected chi connectivity index (χ0v) is 9.70. The van der Waals surface area contributed by atoms with E-state index < -0.39 is 36.9 Å². The number of carbonyl (C=O) groups excluding carboxylic acids is 1. The Hall–Kier alpha value is 0.270. The Morgan fingerprint density at radius 1 is 1.29 bits per heavy atom. The Kier molecular flexibility index (Phi) is 9.00. The maximum atomic E-state index is 10.1. The summed E-state index contributed by atoms with van der Waals surface area (Å²) in [4.78, 5) is 10.1. The quantitative estimate of drug-likeness (QED) is 0.287. The second kappa shape index (κ2) is 7.55. The number of aliphatic carboxylic acids is 1. The van der Waals surface area contributed by atoms with E-state index in [0.717, 1.165) is 0 Å². The first-order valence-electron chi connectivity index (χ1n) is 3.53. The molecule has 0 saturated carbocycles. The van der Waals surface area contributed by atoms with Crippen molar-refractivity contribution in [3.05, 3.63) is 0 Å². The molecule has 0 spiro atoms. The van der Waals surface area contributed by atoms with E-state index in [1.807, 2.05) is 0 Å². The first kappa shape index (κ1) is 16.7. The third kappa shape index (κ3) is 4.67. The number of aliphatic hydroxyl groups excluding tert-OH is 4. The average Bonchev–Trinajstić information content (AvgIpc) is 2.12. The molecule has 0 aromatic carbocycles. The van der Waals surface area contributed by atoms with Crippen LogP contribution in [0.5, 0.6) is 0 Å². The summed E-state index contributed by atoms with van der Waals surface area (Å²) in [6.45, 7) is -0.808. The van der Waals surface area contributed by atoms with Crippen molar-refractivity contribution >= 4 is 5.97 Å². The standard InChI is InChI=1S/C6H13NO6.Na/c7-3(6(12)13)5(11)4(10)2(9)1-8;/h2-5,8-11H,1,7H2,(H,12,13);/q;+1/p-1/t2-,3-,4-,5-;/m1./s1. The predicted octanol–water partition coefficient (Wildman–Crippen LogP) is -7.86. The molecule has 0 aromatic heterocycles. The van der Waals surface area contributed by atoms with Gasteiger partial charge in [-0.05, 0) is 0 Å². The van der Waals surface area contributed by atoms with Gasteiger partial charge in [0, 0.05) is 0 Å². The number of carboxylic acids is 1. The van der Waals surface area contributed by atoms with E-state index in [1.54, 1.807) is 0 Å². The van der Waals surface area contributed by atoms with Crippen LogP contribution in [0.25, 0.3) is 0 Å². The SMILES string of the molecule is N[C@@H](C(=O)[O-])[C@@H](O)[C@H](O)[C@H](O)CO.[Na+]. The number of carbonyl (C=O) groups is 1. The molecular formula is C6H12NNaO6. The third-order valence-electron chi connectivity index (χ3n) is 1.57. The summed E-state index contributed by atoms with van der Waals surface area (Å²) >= 11 is 0. The summed E-state index contributed by atoms with van der Waals surface area (Å²) in [5.74, 6) is -1.75. The fourth-order valence-corrected chi connectivity index (χ4v) is 0.687. The van der Waals surface area contributed by atoms with E-state index in [4.69, 9.17) is 26.2 Å². The summed E-state index contributed by atoms with van der Waals surface area (Å²) in [5.41, 5.74) is 4.89. The van der Waals surface area contributed by atoms with Crippen LogP contribution in [-0.2, 0) is 4.79 Å². The minimum atomic E-state index is -1.88. The van der Waals surface area contributed by atoms with Crippen molar-refractivity contribution in [2.45, 2.75) is 24.4 Å². The first-order valence-corrected chi connectivity index (χ1v) is 3.53. The molecule has 0 amide bonds. The minimum Gasteiger partial charge on any atom is -0.548 e. The van der Waals surface area contributed by atoms with Crippen LogP contribution in [-0.4, -0.2) is 57.4 Å². The number of aliphatic hydroxyl groups is 4. The van der Waals surface area contributed by atoms with Crippen LogP contribution in [0.2, 0.25) is 0 Å². The topological polar surface area (TPSA) is 147 Å². The molecule has 0 heterocycles. The van der Waals surface area contributed by atoms with E-state index >= 15 is 0 Å². The van der Waals surface area contributed by atoms with Crippen LogP contribution < -0.4 is 40.4 Å². The molecular weight excluding hydrogens is 205 g/mol. The van der Waals surface area contributed by atoms with Crippen molar-refractivity contribution in [1.29, 1.82) is 0 Å². The minimum absolute atomic E-state index is 0. The zero-order chi connectivity index (χ0) is 10.6. The van der Waals surface area contributed by atoms with Gasteiger partial charge in [-0.2, -0.15) is 0 Å². The molecule has 0 fully saturated rings. The van der Waals surface area contributed by atoms with Gasteiger partial charge in [-0.3, -0.25) is 0 Å². The van der Waals surface area contributed by atoms with Crippen molar-refractivity contribution in [2.75, 3.05) is 6.61 Å². The Morgan fingerprint density at radius 3 is 2.00 bits per heavy atom. The molecule has 6 N–H and O–H groups in total. The molecule has 4 atom stereocenters. The summed E-state index contributed by atoms with van der Waals surface area (Å²) in [5, 5.41) is 45.2. The van der Waals surface area contributed by atoms with E-state index in [0.29, 0.717) is 0 Å². The molecule has 0 aromatic rings. The molecule has 7 nitrogen and oxygen atoms in total. The number of nitrogens with two attached hydrogens (primary N) is 1. The molecule has 0 aliphatic heterocycles. The normalized spacial score (nSPS) is 18.9. The van der Waals surface area contributed by atoms with E-state index in [2.05, 4.69) is 0 Å². The Labute approximate surface area is 102 Å². The van der Waals surface area contributed by atoms with Gasteiger partial charge in [-0.25, -0.2) is 0 Å². The molecule has 0 radical (unpaired) electrons. The van der Waals surface area contributed by atoms with E-state index in [9.17, 15) is 9.90 Å². The Balaban J connectivity index is 0. The van der Waals surface area contributed by atoms with Crippen LogP contribution in [0.15, 0.2) is 0 Å². The van der Waals surface area contributed by atoms with Gasteiger partial charge in [0.05, 0.1) is 18.6 Å². The van der Waals surface area contributed by atoms with Gasteiger partial charge in [-0.15, -0.1) is 0 Å². The third-order valence-corrected chi connectivity index (χ3v) is 1.57. The molecule has 78 valence electrons. The van der Waals surface area contributed by atoms with Crippen molar-refractivity contribution in [3.63, 3.8) is 0 Å². The van der Waals surface area contributed by atoms with Crippen LogP contribution in [0.1, 0.15) is 0 Å². The Bertz CT molecular complexity index is 180. The van der Waals surface area contributed by atoms with Crippen molar-refractivity contribution in [2.24, 2.45) is 5.73 Å². The predicted molar refractivity (Wildman–Crippen MR) is 38.1 cm³/mol. The second-order valence-electron chi connectivity index (χ2n) is 2.58.